The molecule has 0 bridgehead atoms. The molecule has 0 radical (unpaired) electrons. The number of rotatable bonds is 0. The third kappa shape index (κ3) is 1.02. The summed E-state index contributed by atoms with van der Waals surface area (Å²) in [5.41, 5.74) is -0.669. The van der Waals surface area contributed by atoms with E-state index in [0.717, 1.165) is 10.7 Å². The summed E-state index contributed by atoms with van der Waals surface area (Å²) < 4.78 is 27.3. The van der Waals surface area contributed by atoms with Crippen LogP contribution >= 0.6 is 0 Å². The van der Waals surface area contributed by atoms with Crippen molar-refractivity contribution in [2.45, 2.75) is 0 Å². The first-order valence-corrected chi connectivity index (χ1v) is 3.50. The van der Waals surface area contributed by atoms with E-state index in [2.05, 4.69) is 5.10 Å². The highest BCUT2D eigenvalue weighted by Gasteiger charge is 2.09. The van der Waals surface area contributed by atoms with Gasteiger partial charge in [0.25, 0.3) is 0 Å². The molecule has 68 valence electrons. The molecule has 0 N–H and O–H groups in total. The summed E-state index contributed by atoms with van der Waals surface area (Å²) in [4.78, 5) is 11.2. The maximum atomic E-state index is 13.0. The second-order valence-corrected chi connectivity index (χ2v) is 2.60. The Bertz CT molecular complexity index is 528. The lowest BCUT2D eigenvalue weighted by Gasteiger charge is -1.92. The van der Waals surface area contributed by atoms with Crippen LogP contribution in [0.4, 0.5) is 8.78 Å². The minimum Gasteiger partial charge on any atom is -0.245 e. The van der Waals surface area contributed by atoms with E-state index < -0.39 is 17.5 Å². The lowest BCUT2D eigenvalue weighted by Crippen LogP contribution is -2.19. The Morgan fingerprint density at radius 3 is 2.77 bits per heavy atom. The lowest BCUT2D eigenvalue weighted by molar-refractivity contribution is 0.533. The second-order valence-electron chi connectivity index (χ2n) is 2.60. The molecule has 0 saturated heterocycles. The molecule has 0 amide bonds. The number of nitrogens with zero attached hydrogens (tertiary/aromatic N) is 3. The second kappa shape index (κ2) is 2.38. The number of hydrogen-bond donors (Lipinski definition) is 0. The summed E-state index contributed by atoms with van der Waals surface area (Å²) in [5, 5.41) is 3.62. The quantitative estimate of drug-likeness (QED) is 0.554. The molecule has 2 aromatic rings. The summed E-state index contributed by atoms with van der Waals surface area (Å²) in [7, 11) is 1.37. The fourth-order valence-electron chi connectivity index (χ4n) is 1.12. The van der Waals surface area contributed by atoms with Crippen molar-refractivity contribution in [2.24, 2.45) is 7.05 Å². The Hall–Kier alpha value is -1.72. The zero-order valence-electron chi connectivity index (χ0n) is 6.66. The van der Waals surface area contributed by atoms with Crippen molar-refractivity contribution in [3.05, 3.63) is 34.4 Å². The minimum atomic E-state index is -0.951. The van der Waals surface area contributed by atoms with Crippen LogP contribution in [0.5, 0.6) is 0 Å². The van der Waals surface area contributed by atoms with Crippen LogP contribution in [-0.2, 0) is 7.05 Å². The van der Waals surface area contributed by atoms with Gasteiger partial charge in [-0.15, -0.1) is 5.10 Å². The van der Waals surface area contributed by atoms with Crippen molar-refractivity contribution < 1.29 is 8.78 Å². The number of hydrogen-bond acceptors (Lipinski definition) is 2. The molecule has 6 heteroatoms. The van der Waals surface area contributed by atoms with Crippen LogP contribution in [0, 0.1) is 11.8 Å². The van der Waals surface area contributed by atoms with Gasteiger partial charge in [-0.25, -0.2) is 18.3 Å². The molecule has 0 fully saturated rings. The van der Waals surface area contributed by atoms with Crippen molar-refractivity contribution in [1.29, 1.82) is 0 Å². The Balaban J connectivity index is 3.03. The van der Waals surface area contributed by atoms with Crippen molar-refractivity contribution in [1.82, 2.24) is 14.2 Å². The van der Waals surface area contributed by atoms with Crippen LogP contribution in [0.1, 0.15) is 0 Å². The molecule has 2 heterocycles. The van der Waals surface area contributed by atoms with E-state index in [0.29, 0.717) is 10.5 Å². The van der Waals surface area contributed by atoms with Gasteiger partial charge in [-0.3, -0.25) is 0 Å². The maximum absolute atomic E-state index is 13.0. The van der Waals surface area contributed by atoms with Crippen molar-refractivity contribution in [3.8, 4) is 0 Å². The fourth-order valence-corrected chi connectivity index (χ4v) is 1.12. The number of aryl methyl sites for hydroxylation is 1. The van der Waals surface area contributed by atoms with Crippen molar-refractivity contribution in [3.63, 3.8) is 0 Å². The summed E-state index contributed by atoms with van der Waals surface area (Å²) in [6, 6.07) is 1.63. The largest absolute Gasteiger partial charge is 0.352 e. The van der Waals surface area contributed by atoms with E-state index in [4.69, 9.17) is 0 Å². The van der Waals surface area contributed by atoms with Crippen LogP contribution in [0.25, 0.3) is 5.65 Å². The normalized spacial score (nSPS) is 11.0. The summed E-state index contributed by atoms with van der Waals surface area (Å²) >= 11 is 0. The molecule has 0 atom stereocenters. The Morgan fingerprint density at radius 1 is 1.38 bits per heavy atom. The molecule has 0 aliphatic carbocycles. The molecule has 0 aliphatic rings. The van der Waals surface area contributed by atoms with Gasteiger partial charge in [0.05, 0.1) is 0 Å². The summed E-state index contributed by atoms with van der Waals surface area (Å²) in [6.07, 6.45) is 0. The van der Waals surface area contributed by atoms with E-state index in [-0.39, 0.29) is 5.65 Å². The van der Waals surface area contributed by atoms with Gasteiger partial charge in [-0.05, 0) is 0 Å². The third-order valence-corrected chi connectivity index (χ3v) is 1.69. The molecular weight excluding hydrogens is 180 g/mol. The molecule has 0 unspecified atom stereocenters. The first kappa shape index (κ1) is 7.90. The highest BCUT2D eigenvalue weighted by Crippen LogP contribution is 2.04. The van der Waals surface area contributed by atoms with Crippen molar-refractivity contribution in [2.75, 3.05) is 0 Å². The first-order valence-electron chi connectivity index (χ1n) is 3.50. The van der Waals surface area contributed by atoms with Gasteiger partial charge >= 0.3 is 5.69 Å². The monoisotopic (exact) mass is 185 g/mol. The Kier molecular flexibility index (Phi) is 1.45. The molecule has 2 rings (SSSR count). The molecule has 0 aromatic carbocycles. The van der Waals surface area contributed by atoms with E-state index >= 15 is 0 Å². The van der Waals surface area contributed by atoms with Crippen LogP contribution in [0.3, 0.4) is 0 Å². The number of fused-ring (bicyclic) bond motifs is 1. The van der Waals surface area contributed by atoms with E-state index in [1.165, 1.54) is 7.05 Å². The van der Waals surface area contributed by atoms with Gasteiger partial charge < -0.3 is 0 Å². The molecule has 13 heavy (non-hydrogen) atoms. The number of aromatic nitrogens is 3. The van der Waals surface area contributed by atoms with Crippen LogP contribution in [-0.4, -0.2) is 14.2 Å². The standard InChI is InChI=1S/C7H5F2N3O/c1-11-7(13)12-5(9)2-4(8)3-6(12)10-11/h2-3H,1H3. The molecule has 0 spiro atoms. The first-order chi connectivity index (χ1) is 6.09. The van der Waals surface area contributed by atoms with Gasteiger partial charge in [0.1, 0.15) is 5.82 Å². The molecule has 2 aromatic heterocycles. The Labute approximate surface area is 71.0 Å². The van der Waals surface area contributed by atoms with Gasteiger partial charge in [-0.2, -0.15) is 4.39 Å². The van der Waals surface area contributed by atoms with Gasteiger partial charge in [0.15, 0.2) is 5.65 Å². The van der Waals surface area contributed by atoms with E-state index in [1.54, 1.807) is 0 Å². The average molecular weight is 185 g/mol. The average Bonchev–Trinajstić information content (AvgIpc) is 2.27. The van der Waals surface area contributed by atoms with Gasteiger partial charge in [0, 0.05) is 19.2 Å². The SMILES string of the molecule is Cn1nc2cc(F)cc(F)n2c1=O. The zero-order valence-corrected chi connectivity index (χ0v) is 6.66. The molecule has 4 nitrogen and oxygen atoms in total. The summed E-state index contributed by atoms with van der Waals surface area (Å²) in [5.74, 6) is -1.70. The van der Waals surface area contributed by atoms with Crippen LogP contribution < -0.4 is 5.69 Å². The van der Waals surface area contributed by atoms with Gasteiger partial charge in [0.2, 0.25) is 5.95 Å². The third-order valence-electron chi connectivity index (χ3n) is 1.69. The fraction of sp³-hybridized carbons (Fsp3) is 0.143. The summed E-state index contributed by atoms with van der Waals surface area (Å²) in [6.45, 7) is 0. The highest BCUT2D eigenvalue weighted by atomic mass is 19.1. The molecule has 0 aliphatic heterocycles. The number of halogens is 2. The topological polar surface area (TPSA) is 39.3 Å². The molecule has 0 saturated carbocycles. The predicted molar refractivity (Wildman–Crippen MR) is 40.3 cm³/mol. The number of pyridine rings is 1. The maximum Gasteiger partial charge on any atom is 0.352 e. The lowest BCUT2D eigenvalue weighted by atomic mass is 10.4. The predicted octanol–water partition coefficient (Wildman–Crippen LogP) is 0.311. The smallest absolute Gasteiger partial charge is 0.245 e. The van der Waals surface area contributed by atoms with E-state index in [1.807, 2.05) is 0 Å². The molecular formula is C7H5F2N3O. The van der Waals surface area contributed by atoms with Crippen LogP contribution in [0.2, 0.25) is 0 Å². The Morgan fingerprint density at radius 2 is 2.08 bits per heavy atom. The van der Waals surface area contributed by atoms with Crippen LogP contribution in [0.15, 0.2) is 16.9 Å². The van der Waals surface area contributed by atoms with Gasteiger partial charge in [-0.1, -0.05) is 0 Å². The highest BCUT2D eigenvalue weighted by molar-refractivity contribution is 5.36. The zero-order chi connectivity index (χ0) is 9.59. The van der Waals surface area contributed by atoms with E-state index in [9.17, 15) is 13.6 Å². The van der Waals surface area contributed by atoms with Crippen molar-refractivity contribution >= 4 is 5.65 Å². The minimum absolute atomic E-state index is 0.0370.